The van der Waals surface area contributed by atoms with Crippen molar-refractivity contribution in [2.24, 2.45) is 0 Å². The minimum atomic E-state index is -0.0952. The summed E-state index contributed by atoms with van der Waals surface area (Å²) in [6.07, 6.45) is 3.69. The molecule has 1 aromatic carbocycles. The maximum atomic E-state index is 13.0. The molecule has 0 atom stereocenters. The van der Waals surface area contributed by atoms with Crippen LogP contribution in [0.4, 0.5) is 5.82 Å². The van der Waals surface area contributed by atoms with Gasteiger partial charge in [0.2, 0.25) is 5.91 Å². The molecule has 1 fully saturated rings. The molecule has 0 bridgehead atoms. The smallest absolute Gasteiger partial charge is 0.294 e. The number of para-hydroxylation sites is 2. The molecule has 1 saturated heterocycles. The second-order valence-corrected chi connectivity index (χ2v) is 6.47. The monoisotopic (exact) mass is 328 g/mol. The van der Waals surface area contributed by atoms with Crippen LogP contribution < -0.4 is 10.5 Å². The lowest BCUT2D eigenvalue weighted by Crippen LogP contribution is -2.37. The van der Waals surface area contributed by atoms with E-state index in [0.717, 1.165) is 37.0 Å². The van der Waals surface area contributed by atoms with Gasteiger partial charge in [0, 0.05) is 40.2 Å². The molecular weight excluding hydrogens is 304 g/mol. The maximum absolute atomic E-state index is 13.0. The highest BCUT2D eigenvalue weighted by atomic mass is 16.2. The first-order valence-corrected chi connectivity index (χ1v) is 8.52. The number of carbonyl (C=O) groups excluding carboxylic acids is 1. The Morgan fingerprint density at radius 3 is 2.58 bits per heavy atom. The molecule has 6 nitrogen and oxygen atoms in total. The van der Waals surface area contributed by atoms with E-state index in [1.54, 1.807) is 23.6 Å². The van der Waals surface area contributed by atoms with Crippen molar-refractivity contribution in [2.75, 3.05) is 32.1 Å². The fourth-order valence-electron chi connectivity index (χ4n) is 3.14. The summed E-state index contributed by atoms with van der Waals surface area (Å²) < 4.78 is 1.70. The molecule has 0 unspecified atom stereocenters. The summed E-state index contributed by atoms with van der Waals surface area (Å²) in [7, 11) is 3.46. The van der Waals surface area contributed by atoms with Crippen molar-refractivity contribution in [1.29, 1.82) is 0 Å². The number of carbonyl (C=O) groups is 1. The lowest BCUT2D eigenvalue weighted by molar-refractivity contribution is -0.128. The predicted molar refractivity (Wildman–Crippen MR) is 95.4 cm³/mol. The number of rotatable bonds is 4. The Hall–Kier alpha value is -2.37. The molecule has 128 valence electrons. The number of fused-ring (bicyclic) bond motifs is 1. The molecule has 0 aliphatic carbocycles. The quantitative estimate of drug-likeness (QED) is 0.860. The second kappa shape index (κ2) is 7.03. The third kappa shape index (κ3) is 3.27. The van der Waals surface area contributed by atoms with Crippen molar-refractivity contribution < 1.29 is 4.79 Å². The number of piperidine rings is 1. The minimum Gasteiger partial charge on any atom is -0.352 e. The second-order valence-electron chi connectivity index (χ2n) is 6.47. The van der Waals surface area contributed by atoms with E-state index in [2.05, 4.69) is 9.88 Å². The van der Waals surface area contributed by atoms with Crippen molar-refractivity contribution in [3.05, 3.63) is 34.6 Å². The van der Waals surface area contributed by atoms with Crippen LogP contribution in [-0.2, 0) is 11.3 Å². The van der Waals surface area contributed by atoms with E-state index in [1.807, 2.05) is 24.3 Å². The van der Waals surface area contributed by atoms with Crippen LogP contribution in [0.25, 0.3) is 11.0 Å². The summed E-state index contributed by atoms with van der Waals surface area (Å²) in [6.45, 7) is 2.12. The standard InChI is InChI=1S/C18H24N4O2/c1-20(2)16(23)10-13-22-15-9-5-4-8-14(15)19-17(18(22)24)21-11-6-3-7-12-21/h4-5,8-9H,3,6-7,10-13H2,1-2H3. The van der Waals surface area contributed by atoms with Gasteiger partial charge < -0.3 is 14.4 Å². The SMILES string of the molecule is CN(C)C(=O)CCn1c(=O)c(N2CCCCC2)nc2ccccc21. The van der Waals surface area contributed by atoms with Crippen LogP contribution in [-0.4, -0.2) is 47.5 Å². The highest BCUT2D eigenvalue weighted by Crippen LogP contribution is 2.18. The lowest BCUT2D eigenvalue weighted by atomic mass is 10.1. The topological polar surface area (TPSA) is 58.4 Å². The Morgan fingerprint density at radius 1 is 1.17 bits per heavy atom. The molecule has 0 saturated carbocycles. The molecule has 6 heteroatoms. The molecular formula is C18H24N4O2. The molecule has 0 radical (unpaired) electrons. The van der Waals surface area contributed by atoms with Crippen molar-refractivity contribution in [1.82, 2.24) is 14.5 Å². The number of aryl methyl sites for hydroxylation is 1. The normalized spacial score (nSPS) is 14.8. The first-order valence-electron chi connectivity index (χ1n) is 8.52. The summed E-state index contributed by atoms with van der Waals surface area (Å²) in [5.74, 6) is 0.535. The number of hydrogen-bond acceptors (Lipinski definition) is 4. The number of nitrogens with zero attached hydrogens (tertiary/aromatic N) is 4. The summed E-state index contributed by atoms with van der Waals surface area (Å²) in [5.41, 5.74) is 1.49. The van der Waals surface area contributed by atoms with E-state index in [9.17, 15) is 9.59 Å². The number of anilines is 1. The Kier molecular flexibility index (Phi) is 4.83. The van der Waals surface area contributed by atoms with Crippen LogP contribution in [0.15, 0.2) is 29.1 Å². The largest absolute Gasteiger partial charge is 0.352 e. The minimum absolute atomic E-state index is 0.0160. The Morgan fingerprint density at radius 2 is 1.88 bits per heavy atom. The van der Waals surface area contributed by atoms with E-state index >= 15 is 0 Å². The van der Waals surface area contributed by atoms with Gasteiger partial charge in [-0.05, 0) is 31.4 Å². The Bertz CT molecular complexity index is 791. The summed E-state index contributed by atoms with van der Waals surface area (Å²) >= 11 is 0. The maximum Gasteiger partial charge on any atom is 0.294 e. The summed E-state index contributed by atoms with van der Waals surface area (Å²) in [5, 5.41) is 0. The molecule has 0 spiro atoms. The van der Waals surface area contributed by atoms with Gasteiger partial charge in [-0.15, -0.1) is 0 Å². The Balaban J connectivity index is 2.02. The van der Waals surface area contributed by atoms with Crippen molar-refractivity contribution in [3.8, 4) is 0 Å². The molecule has 24 heavy (non-hydrogen) atoms. The first kappa shape index (κ1) is 16.5. The van der Waals surface area contributed by atoms with E-state index in [0.29, 0.717) is 18.8 Å². The highest BCUT2D eigenvalue weighted by molar-refractivity contribution is 5.78. The van der Waals surface area contributed by atoms with Gasteiger partial charge in [0.05, 0.1) is 11.0 Å². The van der Waals surface area contributed by atoms with Crippen LogP contribution >= 0.6 is 0 Å². The van der Waals surface area contributed by atoms with E-state index in [-0.39, 0.29) is 11.5 Å². The van der Waals surface area contributed by atoms with E-state index < -0.39 is 0 Å². The van der Waals surface area contributed by atoms with Crippen molar-refractivity contribution in [2.45, 2.75) is 32.2 Å². The zero-order valence-corrected chi connectivity index (χ0v) is 14.4. The fraction of sp³-hybridized carbons (Fsp3) is 0.500. The summed E-state index contributed by atoms with van der Waals surface area (Å²) in [6, 6.07) is 7.64. The average Bonchev–Trinajstić information content (AvgIpc) is 2.61. The highest BCUT2D eigenvalue weighted by Gasteiger charge is 2.19. The number of amides is 1. The summed E-state index contributed by atoms with van der Waals surface area (Å²) in [4.78, 5) is 33.2. The molecule has 2 aromatic rings. The van der Waals surface area contributed by atoms with Crippen LogP contribution in [0.2, 0.25) is 0 Å². The van der Waals surface area contributed by atoms with Gasteiger partial charge in [-0.3, -0.25) is 9.59 Å². The molecule has 1 amide bonds. The van der Waals surface area contributed by atoms with Gasteiger partial charge in [0.25, 0.3) is 5.56 Å². The van der Waals surface area contributed by atoms with E-state index in [4.69, 9.17) is 0 Å². The number of hydrogen-bond donors (Lipinski definition) is 0. The third-order valence-electron chi connectivity index (χ3n) is 4.54. The van der Waals surface area contributed by atoms with Crippen LogP contribution in [0, 0.1) is 0 Å². The first-order chi connectivity index (χ1) is 11.6. The Labute approximate surface area is 141 Å². The van der Waals surface area contributed by atoms with Gasteiger partial charge in [0.15, 0.2) is 5.82 Å². The zero-order valence-electron chi connectivity index (χ0n) is 14.4. The van der Waals surface area contributed by atoms with Crippen LogP contribution in [0.5, 0.6) is 0 Å². The predicted octanol–water partition coefficient (Wildman–Crippen LogP) is 1.87. The number of benzene rings is 1. The number of aromatic nitrogens is 2. The molecule has 1 aliphatic rings. The van der Waals surface area contributed by atoms with Gasteiger partial charge in [-0.25, -0.2) is 4.98 Å². The van der Waals surface area contributed by atoms with Gasteiger partial charge in [0.1, 0.15) is 0 Å². The fourth-order valence-corrected chi connectivity index (χ4v) is 3.14. The molecule has 0 N–H and O–H groups in total. The van der Waals surface area contributed by atoms with Gasteiger partial charge >= 0.3 is 0 Å². The zero-order chi connectivity index (χ0) is 17.1. The van der Waals surface area contributed by atoms with Crippen LogP contribution in [0.1, 0.15) is 25.7 Å². The molecule has 1 aromatic heterocycles. The van der Waals surface area contributed by atoms with E-state index in [1.165, 1.54) is 6.42 Å². The molecule has 2 heterocycles. The third-order valence-corrected chi connectivity index (χ3v) is 4.54. The van der Waals surface area contributed by atoms with Crippen molar-refractivity contribution >= 4 is 22.8 Å². The lowest BCUT2D eigenvalue weighted by Gasteiger charge is -2.28. The average molecular weight is 328 g/mol. The van der Waals surface area contributed by atoms with Gasteiger partial charge in [-0.1, -0.05) is 12.1 Å². The molecule has 3 rings (SSSR count). The van der Waals surface area contributed by atoms with Crippen LogP contribution in [0.3, 0.4) is 0 Å². The van der Waals surface area contributed by atoms with Gasteiger partial charge in [-0.2, -0.15) is 0 Å². The van der Waals surface area contributed by atoms with Crippen molar-refractivity contribution in [3.63, 3.8) is 0 Å². The molecule has 1 aliphatic heterocycles.